The zero-order valence-corrected chi connectivity index (χ0v) is 20.8. The molecule has 9 nitrogen and oxygen atoms in total. The number of carboxylic acid groups (broad SMARTS) is 1. The molecule has 3 aromatic rings. The average molecular weight is 522 g/mol. The second kappa shape index (κ2) is 8.71. The van der Waals surface area contributed by atoms with Gasteiger partial charge in [-0.15, -0.1) is 15.0 Å². The molecular formula is C23H26F3N7O2S. The van der Waals surface area contributed by atoms with Crippen molar-refractivity contribution in [1.82, 2.24) is 25.2 Å². The second-order valence-electron chi connectivity index (χ2n) is 10.4. The first-order chi connectivity index (χ1) is 16.9. The van der Waals surface area contributed by atoms with Crippen molar-refractivity contribution in [3.8, 4) is 10.7 Å². The molecule has 1 N–H and O–H groups in total. The smallest absolute Gasteiger partial charge is 0.418 e. The third-order valence-corrected chi connectivity index (χ3v) is 7.79. The Labute approximate surface area is 209 Å². The quantitative estimate of drug-likeness (QED) is 0.537. The molecule has 0 aliphatic carbocycles. The Morgan fingerprint density at radius 2 is 1.72 bits per heavy atom. The van der Waals surface area contributed by atoms with Gasteiger partial charge >= 0.3 is 12.1 Å². The number of rotatable bonds is 5. The maximum Gasteiger partial charge on any atom is 0.418 e. The lowest BCUT2D eigenvalue weighted by molar-refractivity contribution is -0.145. The number of aromatic nitrogens is 5. The van der Waals surface area contributed by atoms with E-state index in [9.17, 15) is 23.1 Å². The van der Waals surface area contributed by atoms with Crippen LogP contribution in [-0.2, 0) is 11.0 Å². The topological polar surface area (TPSA) is 100 Å². The van der Waals surface area contributed by atoms with Gasteiger partial charge in [0.25, 0.3) is 0 Å². The van der Waals surface area contributed by atoms with Crippen LogP contribution >= 0.6 is 11.3 Å². The molecule has 3 unspecified atom stereocenters. The number of anilines is 2. The number of para-hydroxylation sites is 1. The molecule has 192 valence electrons. The van der Waals surface area contributed by atoms with Gasteiger partial charge < -0.3 is 14.9 Å². The number of benzene rings is 1. The molecule has 36 heavy (non-hydrogen) atoms. The number of halogens is 3. The van der Waals surface area contributed by atoms with E-state index >= 15 is 0 Å². The van der Waals surface area contributed by atoms with Crippen molar-refractivity contribution in [3.63, 3.8) is 0 Å². The van der Waals surface area contributed by atoms with E-state index in [0.29, 0.717) is 36.9 Å². The summed E-state index contributed by atoms with van der Waals surface area (Å²) in [5.41, 5.74) is -0.958. The van der Waals surface area contributed by atoms with Crippen LogP contribution in [0.5, 0.6) is 0 Å². The molecule has 1 aromatic carbocycles. The maximum atomic E-state index is 13.5. The lowest BCUT2D eigenvalue weighted by atomic mass is 9.87. The summed E-state index contributed by atoms with van der Waals surface area (Å²) in [6, 6.07) is 4.78. The minimum Gasteiger partial charge on any atom is -0.480 e. The van der Waals surface area contributed by atoms with Gasteiger partial charge in [0, 0.05) is 43.7 Å². The standard InChI is InChI=1S/C23H26F3N7O2S/c1-22(2,3)18(20(34)35)33-29-19(28-30-33)17-8-27-21(36-17)32-11-13-9-31(10-14(13)12-32)16-7-5-4-6-15(16)23(24,25)26/h4-8,13-14,18H,9-12H2,1-3H3,(H,34,35). The van der Waals surface area contributed by atoms with Crippen LogP contribution in [0.1, 0.15) is 32.4 Å². The Hall–Kier alpha value is -3.22. The molecule has 0 radical (unpaired) electrons. The van der Waals surface area contributed by atoms with Crippen LogP contribution in [0.25, 0.3) is 10.7 Å². The summed E-state index contributed by atoms with van der Waals surface area (Å²) < 4.78 is 40.4. The number of carbonyl (C=O) groups is 1. The van der Waals surface area contributed by atoms with Gasteiger partial charge in [-0.3, -0.25) is 0 Å². The van der Waals surface area contributed by atoms with E-state index in [1.165, 1.54) is 17.4 Å². The molecule has 2 aliphatic heterocycles. The predicted octanol–water partition coefficient (Wildman–Crippen LogP) is 4.06. The van der Waals surface area contributed by atoms with Crippen LogP contribution in [0.4, 0.5) is 24.0 Å². The molecular weight excluding hydrogens is 495 g/mol. The van der Waals surface area contributed by atoms with Crippen molar-refractivity contribution in [2.45, 2.75) is 33.0 Å². The highest BCUT2D eigenvalue weighted by Gasteiger charge is 2.43. The minimum absolute atomic E-state index is 0.237. The molecule has 0 amide bonds. The van der Waals surface area contributed by atoms with Crippen molar-refractivity contribution in [2.75, 3.05) is 36.0 Å². The fourth-order valence-electron chi connectivity index (χ4n) is 5.10. The number of carboxylic acids is 1. The molecule has 0 bridgehead atoms. The Kier molecular flexibility index (Phi) is 5.92. The first kappa shape index (κ1) is 24.5. The van der Waals surface area contributed by atoms with Crippen molar-refractivity contribution in [1.29, 1.82) is 0 Å². The summed E-state index contributed by atoms with van der Waals surface area (Å²) >= 11 is 1.39. The number of hydrogen-bond donors (Lipinski definition) is 1. The molecule has 5 rings (SSSR count). The molecule has 0 spiro atoms. The number of fused-ring (bicyclic) bond motifs is 1. The van der Waals surface area contributed by atoms with Gasteiger partial charge in [-0.05, 0) is 22.8 Å². The minimum atomic E-state index is -4.38. The molecule has 13 heteroatoms. The highest BCUT2D eigenvalue weighted by Crippen LogP contribution is 2.42. The summed E-state index contributed by atoms with van der Waals surface area (Å²) in [5, 5.41) is 22.7. The summed E-state index contributed by atoms with van der Waals surface area (Å²) in [5.74, 6) is -0.253. The molecule has 2 aliphatic rings. The number of thiazole rings is 1. The second-order valence-corrected chi connectivity index (χ2v) is 11.4. The van der Waals surface area contributed by atoms with Crippen LogP contribution in [0.3, 0.4) is 0 Å². The van der Waals surface area contributed by atoms with Crippen molar-refractivity contribution >= 4 is 28.1 Å². The van der Waals surface area contributed by atoms with Crippen molar-refractivity contribution < 1.29 is 23.1 Å². The van der Waals surface area contributed by atoms with Crippen LogP contribution in [0, 0.1) is 17.3 Å². The number of hydrogen-bond acceptors (Lipinski definition) is 8. The Bertz CT molecular complexity index is 1250. The third kappa shape index (κ3) is 4.51. The van der Waals surface area contributed by atoms with Gasteiger partial charge in [0.1, 0.15) is 0 Å². The normalized spacial score (nSPS) is 21.2. The average Bonchev–Trinajstić information content (AvgIpc) is 3.54. The van der Waals surface area contributed by atoms with Crippen LogP contribution in [0.2, 0.25) is 0 Å². The Morgan fingerprint density at radius 1 is 1.08 bits per heavy atom. The van der Waals surface area contributed by atoms with Crippen molar-refractivity contribution in [3.05, 3.63) is 36.0 Å². The number of nitrogens with zero attached hydrogens (tertiary/aromatic N) is 7. The van der Waals surface area contributed by atoms with Crippen molar-refractivity contribution in [2.24, 2.45) is 17.3 Å². The Morgan fingerprint density at radius 3 is 2.33 bits per heavy atom. The summed E-state index contributed by atoms with van der Waals surface area (Å²) in [6.07, 6.45) is -2.74. The number of tetrazole rings is 1. The molecule has 4 heterocycles. The molecule has 2 fully saturated rings. The van der Waals surface area contributed by atoms with Crippen LogP contribution in [-0.4, -0.2) is 62.4 Å². The van der Waals surface area contributed by atoms with Gasteiger partial charge in [-0.2, -0.15) is 13.2 Å². The number of aliphatic carboxylic acids is 1. The molecule has 3 atom stereocenters. The van der Waals surface area contributed by atoms with E-state index in [1.807, 2.05) is 4.90 Å². The first-order valence-corrected chi connectivity index (χ1v) is 12.4. The zero-order chi connectivity index (χ0) is 25.8. The Balaban J connectivity index is 1.27. The lowest BCUT2D eigenvalue weighted by Crippen LogP contribution is -2.33. The summed E-state index contributed by atoms with van der Waals surface area (Å²) in [6.45, 7) is 7.92. The third-order valence-electron chi connectivity index (χ3n) is 6.73. The van der Waals surface area contributed by atoms with Gasteiger partial charge in [-0.25, -0.2) is 9.78 Å². The van der Waals surface area contributed by atoms with Gasteiger partial charge in [0.15, 0.2) is 11.2 Å². The fraction of sp³-hybridized carbons (Fsp3) is 0.522. The van der Waals surface area contributed by atoms with Gasteiger partial charge in [-0.1, -0.05) is 44.2 Å². The number of alkyl halides is 3. The van der Waals surface area contributed by atoms with E-state index in [-0.39, 0.29) is 17.5 Å². The maximum absolute atomic E-state index is 13.5. The molecule has 0 saturated carbocycles. The van der Waals surface area contributed by atoms with E-state index < -0.39 is 29.2 Å². The zero-order valence-electron chi connectivity index (χ0n) is 20.0. The highest BCUT2D eigenvalue weighted by atomic mass is 32.1. The summed E-state index contributed by atoms with van der Waals surface area (Å²) in [7, 11) is 0. The van der Waals surface area contributed by atoms with E-state index in [2.05, 4.69) is 25.3 Å². The monoisotopic (exact) mass is 521 g/mol. The molecule has 2 aromatic heterocycles. The van der Waals surface area contributed by atoms with Gasteiger partial charge in [0.05, 0.1) is 16.6 Å². The summed E-state index contributed by atoms with van der Waals surface area (Å²) in [4.78, 5) is 22.1. The molecule has 2 saturated heterocycles. The first-order valence-electron chi connectivity index (χ1n) is 11.6. The van der Waals surface area contributed by atoms with E-state index in [4.69, 9.17) is 0 Å². The van der Waals surface area contributed by atoms with Gasteiger partial charge in [0.2, 0.25) is 5.82 Å². The SMILES string of the molecule is CC(C)(C)C(C(=O)O)n1nnc(-c2cnc(N3CC4CN(c5ccccc5C(F)(F)F)CC4C3)s2)n1. The lowest BCUT2D eigenvalue weighted by Gasteiger charge is -2.25. The van der Waals surface area contributed by atoms with Crippen LogP contribution < -0.4 is 9.80 Å². The largest absolute Gasteiger partial charge is 0.480 e. The van der Waals surface area contributed by atoms with E-state index in [0.717, 1.165) is 16.0 Å². The van der Waals surface area contributed by atoms with Crippen LogP contribution in [0.15, 0.2) is 30.5 Å². The highest BCUT2D eigenvalue weighted by molar-refractivity contribution is 7.18. The fourth-order valence-corrected chi connectivity index (χ4v) is 5.96. The predicted molar refractivity (Wildman–Crippen MR) is 128 cm³/mol. The van der Waals surface area contributed by atoms with E-state index in [1.54, 1.807) is 39.1 Å².